The summed E-state index contributed by atoms with van der Waals surface area (Å²) in [5, 5.41) is 10.7. The SMILES string of the molecule is CC(=O)OCC1=C2C=C3C(=O)[C@@H](O)[C@H](C(C)C)[C@@]3(C)CC[C@]2(C)CC[C@H]1OC(C)=O. The lowest BCUT2D eigenvalue weighted by Crippen LogP contribution is -2.36. The van der Waals surface area contributed by atoms with E-state index in [4.69, 9.17) is 9.47 Å². The van der Waals surface area contributed by atoms with Gasteiger partial charge in [-0.25, -0.2) is 0 Å². The van der Waals surface area contributed by atoms with E-state index in [1.165, 1.54) is 13.8 Å². The number of aliphatic hydroxyl groups excluding tert-OH is 1. The zero-order valence-electron chi connectivity index (χ0n) is 18.9. The summed E-state index contributed by atoms with van der Waals surface area (Å²) in [6.07, 6.45) is 3.55. The Bertz CT molecular complexity index is 822. The van der Waals surface area contributed by atoms with Gasteiger partial charge in [-0.3, -0.25) is 14.4 Å². The molecule has 0 bridgehead atoms. The van der Waals surface area contributed by atoms with Crippen LogP contribution in [0.4, 0.5) is 0 Å². The molecule has 1 saturated carbocycles. The molecule has 0 aromatic rings. The molecule has 5 atom stereocenters. The van der Waals surface area contributed by atoms with Gasteiger partial charge < -0.3 is 14.6 Å². The van der Waals surface area contributed by atoms with Crippen molar-refractivity contribution in [1.29, 1.82) is 0 Å². The maximum Gasteiger partial charge on any atom is 0.303 e. The lowest BCUT2D eigenvalue weighted by Gasteiger charge is -2.41. The molecule has 3 aliphatic carbocycles. The second-order valence-corrected chi connectivity index (χ2v) is 9.97. The normalized spacial score (nSPS) is 36.1. The van der Waals surface area contributed by atoms with Gasteiger partial charge in [0.2, 0.25) is 0 Å². The van der Waals surface area contributed by atoms with E-state index in [2.05, 4.69) is 27.7 Å². The van der Waals surface area contributed by atoms with Crippen LogP contribution in [0, 0.1) is 22.7 Å². The number of carbonyl (C=O) groups is 3. The highest BCUT2D eigenvalue weighted by Gasteiger charge is 2.57. The summed E-state index contributed by atoms with van der Waals surface area (Å²) in [4.78, 5) is 36.3. The smallest absolute Gasteiger partial charge is 0.303 e. The van der Waals surface area contributed by atoms with Gasteiger partial charge in [-0.2, -0.15) is 0 Å². The van der Waals surface area contributed by atoms with Crippen molar-refractivity contribution in [2.75, 3.05) is 6.61 Å². The van der Waals surface area contributed by atoms with Crippen LogP contribution in [0.15, 0.2) is 22.8 Å². The average molecular weight is 419 g/mol. The minimum Gasteiger partial charge on any atom is -0.461 e. The number of rotatable bonds is 4. The Morgan fingerprint density at radius 1 is 1.17 bits per heavy atom. The maximum atomic E-state index is 13.1. The Labute approximate surface area is 178 Å². The zero-order valence-corrected chi connectivity index (χ0v) is 18.9. The molecule has 30 heavy (non-hydrogen) atoms. The van der Waals surface area contributed by atoms with Gasteiger partial charge in [0.25, 0.3) is 0 Å². The first-order chi connectivity index (χ1) is 13.9. The van der Waals surface area contributed by atoms with Crippen molar-refractivity contribution >= 4 is 17.7 Å². The Morgan fingerprint density at radius 3 is 2.40 bits per heavy atom. The first kappa shape index (κ1) is 22.7. The van der Waals surface area contributed by atoms with Crippen LogP contribution < -0.4 is 0 Å². The molecule has 0 aromatic heterocycles. The second-order valence-electron chi connectivity index (χ2n) is 9.97. The maximum absolute atomic E-state index is 13.1. The average Bonchev–Trinajstić information content (AvgIpc) is 2.74. The van der Waals surface area contributed by atoms with E-state index in [1.807, 2.05) is 6.08 Å². The monoisotopic (exact) mass is 418 g/mol. The molecule has 0 unspecified atom stereocenters. The Kier molecular flexibility index (Phi) is 6.02. The predicted molar refractivity (Wildman–Crippen MR) is 111 cm³/mol. The molecule has 0 heterocycles. The van der Waals surface area contributed by atoms with E-state index in [0.717, 1.165) is 30.4 Å². The highest BCUT2D eigenvalue weighted by Crippen LogP contribution is 2.58. The van der Waals surface area contributed by atoms with Crippen LogP contribution in [0.5, 0.6) is 0 Å². The summed E-state index contributed by atoms with van der Waals surface area (Å²) in [6, 6.07) is 0. The highest BCUT2D eigenvalue weighted by atomic mass is 16.6. The van der Waals surface area contributed by atoms with Crippen molar-refractivity contribution < 1.29 is 29.0 Å². The molecule has 0 amide bonds. The molecule has 0 saturated heterocycles. The topological polar surface area (TPSA) is 89.9 Å². The molecule has 0 aliphatic heterocycles. The molecular formula is C24H34O6. The predicted octanol–water partition coefficient (Wildman–Crippen LogP) is 3.52. The highest BCUT2D eigenvalue weighted by molar-refractivity contribution is 6.03. The van der Waals surface area contributed by atoms with Crippen LogP contribution in [-0.2, 0) is 23.9 Å². The number of allylic oxidation sites excluding steroid dienone is 2. The van der Waals surface area contributed by atoms with E-state index < -0.39 is 23.6 Å². The number of ketones is 1. The molecule has 1 N–H and O–H groups in total. The van der Waals surface area contributed by atoms with Crippen LogP contribution in [-0.4, -0.2) is 41.6 Å². The molecule has 0 radical (unpaired) electrons. The van der Waals surface area contributed by atoms with Crippen LogP contribution in [0.3, 0.4) is 0 Å². The summed E-state index contributed by atoms with van der Waals surface area (Å²) < 4.78 is 10.9. The Hall–Kier alpha value is -1.95. The fourth-order valence-corrected chi connectivity index (χ4v) is 5.98. The van der Waals surface area contributed by atoms with Crippen LogP contribution in [0.1, 0.15) is 67.2 Å². The Balaban J connectivity index is 2.18. The number of hydrogen-bond acceptors (Lipinski definition) is 6. The van der Waals surface area contributed by atoms with Gasteiger partial charge in [0, 0.05) is 36.3 Å². The van der Waals surface area contributed by atoms with Gasteiger partial charge in [-0.1, -0.05) is 33.8 Å². The number of ether oxygens (including phenoxy) is 2. The van der Waals surface area contributed by atoms with Crippen LogP contribution >= 0.6 is 0 Å². The number of aliphatic hydroxyl groups is 1. The number of Topliss-reactive ketones (excluding diaryl/α,β-unsaturated/α-hetero) is 1. The first-order valence-electron chi connectivity index (χ1n) is 10.9. The standard InChI is InChI=1S/C24H34O6/c1-13(2)20-22(28)21(27)18-11-17-16(12-29-14(3)25)19(30-15(4)26)7-8-23(17,5)9-10-24(18,20)6/h11,13,19-20,22,28H,7-10,12H2,1-6H3/t19-,20+,22+,23+,24+/m1/s1. The molecule has 0 aromatic carbocycles. The van der Waals surface area contributed by atoms with Gasteiger partial charge in [-0.05, 0) is 42.6 Å². The molecular weight excluding hydrogens is 384 g/mol. The van der Waals surface area contributed by atoms with Gasteiger partial charge in [0.15, 0.2) is 5.78 Å². The summed E-state index contributed by atoms with van der Waals surface area (Å²) in [5.74, 6) is -0.981. The summed E-state index contributed by atoms with van der Waals surface area (Å²) in [5.41, 5.74) is 1.70. The van der Waals surface area contributed by atoms with Crippen LogP contribution in [0.25, 0.3) is 0 Å². The fourth-order valence-electron chi connectivity index (χ4n) is 5.98. The van der Waals surface area contributed by atoms with E-state index in [1.54, 1.807) is 0 Å². The van der Waals surface area contributed by atoms with Crippen molar-refractivity contribution in [3.05, 3.63) is 22.8 Å². The molecule has 1 fully saturated rings. The summed E-state index contributed by atoms with van der Waals surface area (Å²) >= 11 is 0. The summed E-state index contributed by atoms with van der Waals surface area (Å²) in [7, 11) is 0. The largest absolute Gasteiger partial charge is 0.461 e. The first-order valence-corrected chi connectivity index (χ1v) is 10.9. The number of carbonyl (C=O) groups excluding carboxylic acids is 3. The molecule has 6 heteroatoms. The third-order valence-electron chi connectivity index (χ3n) is 7.51. The van der Waals surface area contributed by atoms with E-state index in [9.17, 15) is 19.5 Å². The number of fused-ring (bicyclic) bond motifs is 2. The van der Waals surface area contributed by atoms with Crippen molar-refractivity contribution in [2.24, 2.45) is 22.7 Å². The quantitative estimate of drug-likeness (QED) is 0.703. The molecule has 3 aliphatic rings. The third-order valence-corrected chi connectivity index (χ3v) is 7.51. The minimum absolute atomic E-state index is 0.0308. The lowest BCUT2D eigenvalue weighted by atomic mass is 9.65. The van der Waals surface area contributed by atoms with Crippen molar-refractivity contribution in [2.45, 2.75) is 79.4 Å². The molecule has 0 spiro atoms. The van der Waals surface area contributed by atoms with Crippen LogP contribution in [0.2, 0.25) is 0 Å². The number of esters is 2. The molecule has 3 rings (SSSR count). The minimum atomic E-state index is -1.00. The van der Waals surface area contributed by atoms with Crippen molar-refractivity contribution in [3.8, 4) is 0 Å². The van der Waals surface area contributed by atoms with Gasteiger partial charge in [0.1, 0.15) is 18.8 Å². The van der Waals surface area contributed by atoms with Crippen molar-refractivity contribution in [3.63, 3.8) is 0 Å². The number of hydrogen-bond donors (Lipinski definition) is 1. The zero-order chi connectivity index (χ0) is 22.4. The van der Waals surface area contributed by atoms with E-state index in [-0.39, 0.29) is 35.6 Å². The van der Waals surface area contributed by atoms with E-state index in [0.29, 0.717) is 12.0 Å². The summed E-state index contributed by atoms with van der Waals surface area (Å²) in [6.45, 7) is 11.1. The molecule has 166 valence electrons. The van der Waals surface area contributed by atoms with E-state index >= 15 is 0 Å². The van der Waals surface area contributed by atoms with Crippen molar-refractivity contribution in [1.82, 2.24) is 0 Å². The van der Waals surface area contributed by atoms with Gasteiger partial charge >= 0.3 is 11.9 Å². The second kappa shape index (κ2) is 7.95. The fraction of sp³-hybridized carbons (Fsp3) is 0.708. The molecule has 6 nitrogen and oxygen atoms in total. The van der Waals surface area contributed by atoms with Gasteiger partial charge in [0.05, 0.1) is 0 Å². The third kappa shape index (κ3) is 3.75. The Morgan fingerprint density at radius 2 is 1.83 bits per heavy atom. The van der Waals surface area contributed by atoms with Gasteiger partial charge in [-0.15, -0.1) is 0 Å². The lowest BCUT2D eigenvalue weighted by molar-refractivity contribution is -0.146.